The second-order valence-electron chi connectivity index (χ2n) is 7.30. The molecule has 2 aromatic rings. The SMILES string of the molecule is Cc1cc(Br)c2cc(C(=O)NC3CC[Si](C)(C)CC3)[nH]c2c1. The van der Waals surface area contributed by atoms with Crippen molar-refractivity contribution in [2.24, 2.45) is 0 Å². The molecule has 22 heavy (non-hydrogen) atoms. The number of fused-ring (bicyclic) bond motifs is 1. The summed E-state index contributed by atoms with van der Waals surface area (Å²) in [6.45, 7) is 6.95. The van der Waals surface area contributed by atoms with E-state index in [0.717, 1.165) is 28.2 Å². The second kappa shape index (κ2) is 5.85. The van der Waals surface area contributed by atoms with Crippen LogP contribution in [0, 0.1) is 6.92 Å². The van der Waals surface area contributed by atoms with Gasteiger partial charge in [0.05, 0.1) is 0 Å². The van der Waals surface area contributed by atoms with Gasteiger partial charge in [0.15, 0.2) is 0 Å². The van der Waals surface area contributed by atoms with E-state index >= 15 is 0 Å². The van der Waals surface area contributed by atoms with Crippen LogP contribution in [-0.2, 0) is 0 Å². The van der Waals surface area contributed by atoms with Crippen molar-refractivity contribution in [1.82, 2.24) is 10.3 Å². The molecular formula is C17H23BrN2OSi. The first kappa shape index (κ1) is 15.8. The van der Waals surface area contributed by atoms with E-state index in [2.05, 4.69) is 58.4 Å². The number of aromatic nitrogens is 1. The monoisotopic (exact) mass is 378 g/mol. The predicted octanol–water partition coefficient (Wildman–Crippen LogP) is 4.84. The van der Waals surface area contributed by atoms with Crippen LogP contribution in [0.2, 0.25) is 25.2 Å². The molecule has 0 bridgehead atoms. The van der Waals surface area contributed by atoms with Gasteiger partial charge in [-0.1, -0.05) is 41.1 Å². The maximum Gasteiger partial charge on any atom is 0.267 e. The van der Waals surface area contributed by atoms with E-state index in [1.165, 1.54) is 17.7 Å². The molecule has 1 saturated heterocycles. The number of nitrogens with one attached hydrogen (secondary N) is 2. The van der Waals surface area contributed by atoms with Crippen molar-refractivity contribution in [3.8, 4) is 0 Å². The number of carbonyl (C=O) groups excluding carboxylic acids is 1. The molecule has 118 valence electrons. The molecule has 2 heterocycles. The summed E-state index contributed by atoms with van der Waals surface area (Å²) in [5, 5.41) is 4.27. The fourth-order valence-corrected chi connectivity index (χ4v) is 6.46. The summed E-state index contributed by atoms with van der Waals surface area (Å²) in [7, 11) is -0.968. The molecule has 3 nitrogen and oxygen atoms in total. The molecule has 0 unspecified atom stereocenters. The lowest BCUT2D eigenvalue weighted by molar-refractivity contribution is 0.0929. The molecule has 1 aromatic heterocycles. The molecule has 2 N–H and O–H groups in total. The van der Waals surface area contributed by atoms with Crippen molar-refractivity contribution in [2.45, 2.75) is 51.0 Å². The minimum Gasteiger partial charge on any atom is -0.350 e. The van der Waals surface area contributed by atoms with Crippen molar-refractivity contribution in [3.05, 3.63) is 33.9 Å². The highest BCUT2D eigenvalue weighted by molar-refractivity contribution is 9.10. The van der Waals surface area contributed by atoms with E-state index in [1.54, 1.807) is 0 Å². The average molecular weight is 379 g/mol. The molecule has 1 aliphatic rings. The number of aryl methyl sites for hydroxylation is 1. The molecule has 1 aliphatic heterocycles. The first-order valence-electron chi connectivity index (χ1n) is 7.94. The van der Waals surface area contributed by atoms with Gasteiger partial charge < -0.3 is 10.3 Å². The normalized spacial score (nSPS) is 18.5. The molecule has 5 heteroatoms. The van der Waals surface area contributed by atoms with Gasteiger partial charge in [0, 0.05) is 29.5 Å². The standard InChI is InChI=1S/C17H23BrN2OSi/c1-11-8-14(18)13-10-16(20-15(13)9-11)17(21)19-12-4-6-22(2,3)7-5-12/h8-10,12,20H,4-7H2,1-3H3,(H,19,21). The Morgan fingerprint density at radius 3 is 2.64 bits per heavy atom. The highest BCUT2D eigenvalue weighted by atomic mass is 79.9. The smallest absolute Gasteiger partial charge is 0.267 e. The van der Waals surface area contributed by atoms with Crippen LogP contribution in [0.4, 0.5) is 0 Å². The maximum absolute atomic E-state index is 12.5. The van der Waals surface area contributed by atoms with Crippen LogP contribution in [0.1, 0.15) is 28.9 Å². The summed E-state index contributed by atoms with van der Waals surface area (Å²) in [6, 6.07) is 9.06. The van der Waals surface area contributed by atoms with E-state index in [4.69, 9.17) is 0 Å². The van der Waals surface area contributed by atoms with Crippen molar-refractivity contribution >= 4 is 40.8 Å². The van der Waals surface area contributed by atoms with Crippen molar-refractivity contribution in [3.63, 3.8) is 0 Å². The zero-order valence-electron chi connectivity index (χ0n) is 13.4. The van der Waals surface area contributed by atoms with Gasteiger partial charge in [0.1, 0.15) is 5.69 Å². The number of amides is 1. The van der Waals surface area contributed by atoms with Gasteiger partial charge in [0.25, 0.3) is 5.91 Å². The van der Waals surface area contributed by atoms with Gasteiger partial charge in [-0.25, -0.2) is 0 Å². The van der Waals surface area contributed by atoms with Crippen LogP contribution in [0.25, 0.3) is 10.9 Å². The Balaban J connectivity index is 1.74. The lowest BCUT2D eigenvalue weighted by Gasteiger charge is -2.33. The average Bonchev–Trinajstić information content (AvgIpc) is 2.85. The third-order valence-corrected chi connectivity index (χ3v) is 8.69. The molecule has 0 saturated carbocycles. The quantitative estimate of drug-likeness (QED) is 0.721. The Morgan fingerprint density at radius 1 is 1.27 bits per heavy atom. The van der Waals surface area contributed by atoms with E-state index in [9.17, 15) is 4.79 Å². The first-order valence-corrected chi connectivity index (χ1v) is 12.1. The minimum absolute atomic E-state index is 0.0205. The largest absolute Gasteiger partial charge is 0.350 e. The number of benzene rings is 1. The lowest BCUT2D eigenvalue weighted by atomic mass is 10.1. The molecule has 0 aliphatic carbocycles. The van der Waals surface area contributed by atoms with Crippen LogP contribution < -0.4 is 5.32 Å². The van der Waals surface area contributed by atoms with E-state index in [0.29, 0.717) is 11.7 Å². The fraction of sp³-hybridized carbons (Fsp3) is 0.471. The second-order valence-corrected chi connectivity index (χ2v) is 13.5. The summed E-state index contributed by atoms with van der Waals surface area (Å²) >= 11 is 3.57. The molecule has 0 spiro atoms. The summed E-state index contributed by atoms with van der Waals surface area (Å²) in [4.78, 5) is 15.7. The van der Waals surface area contributed by atoms with Crippen LogP contribution >= 0.6 is 15.9 Å². The van der Waals surface area contributed by atoms with Crippen molar-refractivity contribution < 1.29 is 4.79 Å². The van der Waals surface area contributed by atoms with Crippen LogP contribution in [-0.4, -0.2) is 25.0 Å². The van der Waals surface area contributed by atoms with E-state index in [1.807, 2.05) is 6.07 Å². The zero-order valence-corrected chi connectivity index (χ0v) is 16.0. The lowest BCUT2D eigenvalue weighted by Crippen LogP contribution is -2.42. The summed E-state index contributed by atoms with van der Waals surface area (Å²) in [6.07, 6.45) is 2.27. The molecule has 1 fully saturated rings. The van der Waals surface area contributed by atoms with E-state index < -0.39 is 8.07 Å². The Labute approximate surface area is 141 Å². The Bertz CT molecular complexity index is 713. The number of hydrogen-bond donors (Lipinski definition) is 2. The van der Waals surface area contributed by atoms with Gasteiger partial charge in [-0.3, -0.25) is 4.79 Å². The van der Waals surface area contributed by atoms with Crippen molar-refractivity contribution in [2.75, 3.05) is 0 Å². The molecule has 3 rings (SSSR count). The fourth-order valence-electron chi connectivity index (χ4n) is 3.26. The minimum atomic E-state index is -0.968. The molecule has 0 atom stereocenters. The topological polar surface area (TPSA) is 44.9 Å². The number of hydrogen-bond acceptors (Lipinski definition) is 1. The first-order chi connectivity index (χ1) is 10.3. The molecular weight excluding hydrogens is 356 g/mol. The highest BCUT2D eigenvalue weighted by Gasteiger charge is 2.29. The molecule has 1 amide bonds. The summed E-state index contributed by atoms with van der Waals surface area (Å²) in [5.74, 6) is 0.0205. The Hall–Kier alpha value is -1.07. The Morgan fingerprint density at radius 2 is 1.95 bits per heavy atom. The van der Waals surface area contributed by atoms with Gasteiger partial charge in [-0.15, -0.1) is 0 Å². The third kappa shape index (κ3) is 3.30. The molecule has 0 radical (unpaired) electrons. The number of rotatable bonds is 2. The predicted molar refractivity (Wildman–Crippen MR) is 98.3 cm³/mol. The number of aromatic amines is 1. The number of halogens is 1. The highest BCUT2D eigenvalue weighted by Crippen LogP contribution is 2.29. The zero-order chi connectivity index (χ0) is 15.9. The Kier molecular flexibility index (Phi) is 4.20. The van der Waals surface area contributed by atoms with Crippen molar-refractivity contribution in [1.29, 1.82) is 0 Å². The summed E-state index contributed by atoms with van der Waals surface area (Å²) in [5.41, 5.74) is 2.84. The van der Waals surface area contributed by atoms with Gasteiger partial charge >= 0.3 is 0 Å². The maximum atomic E-state index is 12.5. The van der Waals surface area contributed by atoms with Crippen LogP contribution in [0.15, 0.2) is 22.7 Å². The number of H-pyrrole nitrogens is 1. The van der Waals surface area contributed by atoms with Crippen LogP contribution in [0.5, 0.6) is 0 Å². The van der Waals surface area contributed by atoms with Gasteiger partial charge in [0.2, 0.25) is 0 Å². The molecule has 1 aromatic carbocycles. The summed E-state index contributed by atoms with van der Waals surface area (Å²) < 4.78 is 1.03. The van der Waals surface area contributed by atoms with Crippen LogP contribution in [0.3, 0.4) is 0 Å². The van der Waals surface area contributed by atoms with E-state index in [-0.39, 0.29) is 5.91 Å². The van der Waals surface area contributed by atoms with Gasteiger partial charge in [-0.2, -0.15) is 0 Å². The third-order valence-electron chi connectivity index (χ3n) is 4.75. The number of carbonyl (C=O) groups is 1. The van der Waals surface area contributed by atoms with Gasteiger partial charge in [-0.05, 0) is 43.5 Å².